The number of aliphatic carboxylic acids is 1. The molecule has 8 nitrogen and oxygen atoms in total. The molecule has 0 bridgehead atoms. The van der Waals surface area contributed by atoms with Gasteiger partial charge in [0.25, 0.3) is 0 Å². The van der Waals surface area contributed by atoms with E-state index >= 15 is 0 Å². The molecule has 8 heteroatoms. The molecule has 0 saturated heterocycles. The first kappa shape index (κ1) is 14.9. The molecule has 1 rings (SSSR count). The van der Waals surface area contributed by atoms with Gasteiger partial charge in [0.05, 0.1) is 0 Å². The molecule has 0 aromatic carbocycles. The smallest absolute Gasteiger partial charge is 0.314 e. The van der Waals surface area contributed by atoms with Crippen LogP contribution in [0.3, 0.4) is 0 Å². The third-order valence-corrected chi connectivity index (χ3v) is 2.57. The van der Waals surface area contributed by atoms with Crippen molar-refractivity contribution < 1.29 is 14.7 Å². The lowest BCUT2D eigenvalue weighted by molar-refractivity contribution is -0.137. The van der Waals surface area contributed by atoms with E-state index in [0.717, 1.165) is 5.82 Å². The molecular formula is C11H19N5O3. The van der Waals surface area contributed by atoms with Crippen LogP contribution in [0.15, 0.2) is 6.33 Å². The van der Waals surface area contributed by atoms with Gasteiger partial charge in [-0.05, 0) is 12.3 Å². The molecule has 0 radical (unpaired) electrons. The Labute approximate surface area is 111 Å². The second-order valence-corrected chi connectivity index (χ2v) is 4.36. The topological polar surface area (TPSA) is 120 Å². The quantitative estimate of drug-likeness (QED) is 0.535. The third-order valence-electron chi connectivity index (χ3n) is 2.57. The number of rotatable bonds is 8. The number of urea groups is 1. The summed E-state index contributed by atoms with van der Waals surface area (Å²) in [5.41, 5.74) is 0. The summed E-state index contributed by atoms with van der Waals surface area (Å²) >= 11 is 0. The number of amides is 2. The minimum atomic E-state index is -0.816. The first-order valence-electron chi connectivity index (χ1n) is 6.15. The first-order valence-corrected chi connectivity index (χ1v) is 6.15. The number of nitrogens with zero attached hydrogens (tertiary/aromatic N) is 2. The molecule has 4 N–H and O–H groups in total. The average Bonchev–Trinajstić information content (AvgIpc) is 2.87. The molecule has 0 fully saturated rings. The van der Waals surface area contributed by atoms with Crippen molar-refractivity contribution in [3.8, 4) is 0 Å². The standard InChI is InChI=1S/C11H19N5O3/c1-8(2-3-10(17)18)6-13-11(19)12-5-4-9-14-7-15-16-9/h7-8H,2-6H2,1H3,(H,17,18)(H2,12,13,19)(H,14,15,16). The van der Waals surface area contributed by atoms with Crippen LogP contribution in [0.1, 0.15) is 25.6 Å². The number of hydrogen-bond donors (Lipinski definition) is 4. The van der Waals surface area contributed by atoms with Crippen molar-refractivity contribution in [3.05, 3.63) is 12.2 Å². The normalized spacial score (nSPS) is 11.8. The molecule has 0 aliphatic carbocycles. The summed E-state index contributed by atoms with van der Waals surface area (Å²) in [6, 6.07) is -0.262. The molecule has 19 heavy (non-hydrogen) atoms. The minimum Gasteiger partial charge on any atom is -0.481 e. The molecule has 0 saturated carbocycles. The number of carboxylic acids is 1. The van der Waals surface area contributed by atoms with Crippen LogP contribution in [-0.4, -0.2) is 45.4 Å². The van der Waals surface area contributed by atoms with Crippen molar-refractivity contribution in [2.75, 3.05) is 13.1 Å². The van der Waals surface area contributed by atoms with E-state index < -0.39 is 5.97 Å². The average molecular weight is 269 g/mol. The van der Waals surface area contributed by atoms with Gasteiger partial charge in [0.1, 0.15) is 12.2 Å². The first-order chi connectivity index (χ1) is 9.08. The molecule has 1 atom stereocenters. The van der Waals surface area contributed by atoms with E-state index in [2.05, 4.69) is 25.8 Å². The summed E-state index contributed by atoms with van der Waals surface area (Å²) in [5, 5.41) is 20.3. The lowest BCUT2D eigenvalue weighted by Crippen LogP contribution is -2.38. The molecule has 1 unspecified atom stereocenters. The van der Waals surface area contributed by atoms with Crippen LogP contribution in [0, 0.1) is 5.92 Å². The van der Waals surface area contributed by atoms with Crippen LogP contribution in [-0.2, 0) is 11.2 Å². The SMILES string of the molecule is CC(CCC(=O)O)CNC(=O)NCCc1ncn[nH]1. The lowest BCUT2D eigenvalue weighted by Gasteiger charge is -2.12. The third kappa shape index (κ3) is 7.02. The van der Waals surface area contributed by atoms with E-state index in [1.54, 1.807) is 0 Å². The molecular weight excluding hydrogens is 250 g/mol. The van der Waals surface area contributed by atoms with Crippen LogP contribution in [0.4, 0.5) is 4.79 Å². The summed E-state index contributed by atoms with van der Waals surface area (Å²) in [5.74, 6) is 0.0367. The molecule has 0 spiro atoms. The maximum Gasteiger partial charge on any atom is 0.314 e. The van der Waals surface area contributed by atoms with Crippen LogP contribution in [0.5, 0.6) is 0 Å². The van der Waals surface area contributed by atoms with Crippen LogP contribution in [0.2, 0.25) is 0 Å². The summed E-state index contributed by atoms with van der Waals surface area (Å²) < 4.78 is 0. The molecule has 1 heterocycles. The maximum absolute atomic E-state index is 11.4. The number of hydrogen-bond acceptors (Lipinski definition) is 4. The number of H-pyrrole nitrogens is 1. The zero-order chi connectivity index (χ0) is 14.1. The fraction of sp³-hybridized carbons (Fsp3) is 0.636. The van der Waals surface area contributed by atoms with Crippen molar-refractivity contribution in [1.29, 1.82) is 0 Å². The largest absolute Gasteiger partial charge is 0.481 e. The van der Waals surface area contributed by atoms with Gasteiger partial charge in [0, 0.05) is 25.9 Å². The van der Waals surface area contributed by atoms with Gasteiger partial charge in [-0.3, -0.25) is 9.89 Å². The van der Waals surface area contributed by atoms with Gasteiger partial charge in [-0.1, -0.05) is 6.92 Å². The van der Waals surface area contributed by atoms with E-state index in [0.29, 0.717) is 25.9 Å². The Balaban J connectivity index is 2.05. The fourth-order valence-electron chi connectivity index (χ4n) is 1.45. The van der Waals surface area contributed by atoms with E-state index in [4.69, 9.17) is 5.11 Å². The van der Waals surface area contributed by atoms with Gasteiger partial charge >= 0.3 is 12.0 Å². The molecule has 0 aliphatic rings. The van der Waals surface area contributed by atoms with E-state index in [1.165, 1.54) is 6.33 Å². The predicted octanol–water partition coefficient (Wildman–Crippen LogP) is 0.147. The number of carbonyl (C=O) groups excluding carboxylic acids is 1. The van der Waals surface area contributed by atoms with E-state index in [9.17, 15) is 9.59 Å². The number of carboxylic acid groups (broad SMARTS) is 1. The highest BCUT2D eigenvalue weighted by molar-refractivity contribution is 5.73. The Morgan fingerprint density at radius 3 is 2.89 bits per heavy atom. The van der Waals surface area contributed by atoms with Crippen molar-refractivity contribution in [2.45, 2.75) is 26.2 Å². The second kappa shape index (κ2) is 8.06. The van der Waals surface area contributed by atoms with Gasteiger partial charge in [0.15, 0.2) is 0 Å². The van der Waals surface area contributed by atoms with E-state index in [-0.39, 0.29) is 18.4 Å². The highest BCUT2D eigenvalue weighted by atomic mass is 16.4. The van der Waals surface area contributed by atoms with Gasteiger partial charge < -0.3 is 15.7 Å². The van der Waals surface area contributed by atoms with E-state index in [1.807, 2.05) is 6.92 Å². The molecule has 106 valence electrons. The van der Waals surface area contributed by atoms with Crippen molar-refractivity contribution in [3.63, 3.8) is 0 Å². The highest BCUT2D eigenvalue weighted by Crippen LogP contribution is 2.03. The minimum absolute atomic E-state index is 0.121. The van der Waals surface area contributed by atoms with Gasteiger partial charge in [-0.2, -0.15) is 5.10 Å². The molecule has 1 aromatic heterocycles. The van der Waals surface area contributed by atoms with Crippen molar-refractivity contribution in [2.24, 2.45) is 5.92 Å². The van der Waals surface area contributed by atoms with Gasteiger partial charge in [-0.15, -0.1) is 0 Å². The predicted molar refractivity (Wildman–Crippen MR) is 67.5 cm³/mol. The summed E-state index contributed by atoms with van der Waals surface area (Å²) in [7, 11) is 0. The summed E-state index contributed by atoms with van der Waals surface area (Å²) in [4.78, 5) is 25.7. The Hall–Kier alpha value is -2.12. The summed E-state index contributed by atoms with van der Waals surface area (Å²) in [6.07, 6.45) is 2.67. The second-order valence-electron chi connectivity index (χ2n) is 4.36. The van der Waals surface area contributed by atoms with Crippen LogP contribution >= 0.6 is 0 Å². The fourth-order valence-corrected chi connectivity index (χ4v) is 1.45. The number of aromatic nitrogens is 3. The van der Waals surface area contributed by atoms with Gasteiger partial charge in [0.2, 0.25) is 0 Å². The van der Waals surface area contributed by atoms with Crippen LogP contribution < -0.4 is 10.6 Å². The lowest BCUT2D eigenvalue weighted by atomic mass is 10.1. The van der Waals surface area contributed by atoms with Gasteiger partial charge in [-0.25, -0.2) is 9.78 Å². The molecule has 2 amide bonds. The van der Waals surface area contributed by atoms with Crippen molar-refractivity contribution in [1.82, 2.24) is 25.8 Å². The highest BCUT2D eigenvalue weighted by Gasteiger charge is 2.07. The summed E-state index contributed by atoms with van der Waals surface area (Å²) in [6.45, 7) is 2.82. The molecule has 0 aliphatic heterocycles. The van der Waals surface area contributed by atoms with Crippen LogP contribution in [0.25, 0.3) is 0 Å². The number of carbonyl (C=O) groups is 2. The Kier molecular flexibility index (Phi) is 6.34. The Morgan fingerprint density at radius 1 is 1.47 bits per heavy atom. The van der Waals surface area contributed by atoms with Crippen molar-refractivity contribution >= 4 is 12.0 Å². The Bertz CT molecular complexity index is 393. The zero-order valence-electron chi connectivity index (χ0n) is 10.8. The maximum atomic E-state index is 11.4. The number of aromatic amines is 1. The number of nitrogens with one attached hydrogen (secondary N) is 3. The monoisotopic (exact) mass is 269 g/mol. The zero-order valence-corrected chi connectivity index (χ0v) is 10.8. The Morgan fingerprint density at radius 2 is 2.26 bits per heavy atom. The molecule has 1 aromatic rings.